The van der Waals surface area contributed by atoms with Crippen LogP contribution in [0.15, 0.2) is 24.3 Å². The van der Waals surface area contributed by atoms with Crippen molar-refractivity contribution in [1.29, 1.82) is 0 Å². The molecule has 2 heterocycles. The van der Waals surface area contributed by atoms with E-state index in [2.05, 4.69) is 20.6 Å². The van der Waals surface area contributed by atoms with E-state index in [1.807, 2.05) is 33.0 Å². The summed E-state index contributed by atoms with van der Waals surface area (Å²) in [4.78, 5) is 14.7. The maximum atomic E-state index is 13.9. The van der Waals surface area contributed by atoms with E-state index in [9.17, 15) is 9.18 Å². The quantitative estimate of drug-likeness (QED) is 0.846. The molecule has 146 valence electrons. The van der Waals surface area contributed by atoms with Gasteiger partial charge in [0.05, 0.1) is 5.69 Å². The van der Waals surface area contributed by atoms with Gasteiger partial charge in [-0.1, -0.05) is 25.1 Å². The highest BCUT2D eigenvalue weighted by Crippen LogP contribution is 2.19. The number of carbonyl (C=O) groups is 1. The number of hydrogen-bond donors (Lipinski definition) is 2. The van der Waals surface area contributed by atoms with Crippen molar-refractivity contribution < 1.29 is 9.18 Å². The fourth-order valence-corrected chi connectivity index (χ4v) is 3.71. The zero-order valence-corrected chi connectivity index (χ0v) is 16.3. The van der Waals surface area contributed by atoms with Gasteiger partial charge in [0.15, 0.2) is 0 Å². The molecule has 2 amide bonds. The van der Waals surface area contributed by atoms with Crippen molar-refractivity contribution in [3.05, 3.63) is 46.9 Å². The van der Waals surface area contributed by atoms with Gasteiger partial charge in [-0.15, -0.1) is 0 Å². The van der Waals surface area contributed by atoms with E-state index in [-0.39, 0.29) is 17.9 Å². The first-order valence-electron chi connectivity index (χ1n) is 9.53. The zero-order chi connectivity index (χ0) is 19.4. The van der Waals surface area contributed by atoms with Crippen LogP contribution >= 0.6 is 0 Å². The number of piperidine rings is 1. The molecular weight excluding hydrogens is 345 g/mol. The van der Waals surface area contributed by atoms with E-state index >= 15 is 0 Å². The van der Waals surface area contributed by atoms with Crippen LogP contribution in [0.4, 0.5) is 15.0 Å². The molecule has 0 bridgehead atoms. The molecule has 1 saturated heterocycles. The van der Waals surface area contributed by atoms with Crippen LogP contribution in [0.5, 0.6) is 0 Å². The third-order valence-electron chi connectivity index (χ3n) is 5.14. The van der Waals surface area contributed by atoms with Gasteiger partial charge < -0.3 is 5.32 Å². The van der Waals surface area contributed by atoms with E-state index in [1.165, 1.54) is 6.07 Å². The SMILES string of the molecule is CCc1nn(C)c(NC(=O)N[C@@H]2CCCN(Cc3ccccc3F)C2)c1C. The number of aryl methyl sites for hydroxylation is 2. The van der Waals surface area contributed by atoms with E-state index in [4.69, 9.17) is 0 Å². The number of carbonyl (C=O) groups excluding carboxylic acids is 1. The third-order valence-corrected chi connectivity index (χ3v) is 5.14. The molecule has 0 radical (unpaired) electrons. The summed E-state index contributed by atoms with van der Waals surface area (Å²) in [7, 11) is 1.83. The van der Waals surface area contributed by atoms with Crippen LogP contribution < -0.4 is 10.6 Å². The number of aromatic nitrogens is 2. The van der Waals surface area contributed by atoms with Gasteiger partial charge >= 0.3 is 6.03 Å². The van der Waals surface area contributed by atoms with Gasteiger partial charge in [-0.25, -0.2) is 9.18 Å². The van der Waals surface area contributed by atoms with Crippen LogP contribution in [0.3, 0.4) is 0 Å². The molecule has 1 aliphatic heterocycles. The van der Waals surface area contributed by atoms with Gasteiger partial charge in [-0.3, -0.25) is 14.9 Å². The van der Waals surface area contributed by atoms with Gasteiger partial charge in [-0.2, -0.15) is 5.10 Å². The van der Waals surface area contributed by atoms with Crippen molar-refractivity contribution in [2.75, 3.05) is 18.4 Å². The Bertz CT molecular complexity index is 804. The molecule has 7 heteroatoms. The largest absolute Gasteiger partial charge is 0.334 e. The molecule has 0 spiro atoms. The Kier molecular flexibility index (Phi) is 6.11. The highest BCUT2D eigenvalue weighted by Gasteiger charge is 2.23. The third kappa shape index (κ3) is 4.66. The first-order valence-corrected chi connectivity index (χ1v) is 9.53. The molecular formula is C20H28FN5O. The van der Waals surface area contributed by atoms with Crippen molar-refractivity contribution in [1.82, 2.24) is 20.0 Å². The smallest absolute Gasteiger partial charge is 0.320 e. The fourth-order valence-electron chi connectivity index (χ4n) is 3.71. The van der Waals surface area contributed by atoms with Gasteiger partial charge in [0.2, 0.25) is 0 Å². The standard InChI is InChI=1S/C20H28FN5O/c1-4-18-14(2)19(25(3)24-18)23-20(27)22-16-9-7-11-26(13-16)12-15-8-5-6-10-17(15)21/h5-6,8,10,16H,4,7,9,11-13H2,1-3H3,(H2,22,23,27)/t16-/m1/s1. The van der Waals surface area contributed by atoms with Crippen LogP contribution in [0, 0.1) is 12.7 Å². The predicted molar refractivity (Wildman–Crippen MR) is 104 cm³/mol. The minimum atomic E-state index is -0.221. The summed E-state index contributed by atoms with van der Waals surface area (Å²) in [6.45, 7) is 6.21. The number of amides is 2. The van der Waals surface area contributed by atoms with Crippen LogP contribution in [0.2, 0.25) is 0 Å². The number of urea groups is 1. The topological polar surface area (TPSA) is 62.2 Å². The Morgan fingerprint density at radius 2 is 2.15 bits per heavy atom. The molecule has 27 heavy (non-hydrogen) atoms. The summed E-state index contributed by atoms with van der Waals surface area (Å²) in [5, 5.41) is 10.4. The van der Waals surface area contributed by atoms with Crippen molar-refractivity contribution in [2.24, 2.45) is 7.05 Å². The first-order chi connectivity index (χ1) is 13.0. The van der Waals surface area contributed by atoms with E-state index in [1.54, 1.807) is 10.7 Å². The highest BCUT2D eigenvalue weighted by atomic mass is 19.1. The molecule has 1 aliphatic rings. The summed E-state index contributed by atoms with van der Waals surface area (Å²) >= 11 is 0. The average Bonchev–Trinajstić information content (AvgIpc) is 2.91. The Labute approximate surface area is 159 Å². The number of likely N-dealkylation sites (tertiary alicyclic amines) is 1. The van der Waals surface area contributed by atoms with Crippen molar-refractivity contribution in [3.63, 3.8) is 0 Å². The Morgan fingerprint density at radius 3 is 2.85 bits per heavy atom. The van der Waals surface area contributed by atoms with Crippen LogP contribution in [0.1, 0.15) is 36.6 Å². The number of nitrogens with one attached hydrogen (secondary N) is 2. The van der Waals surface area contributed by atoms with Gasteiger partial charge in [0.1, 0.15) is 11.6 Å². The number of hydrogen-bond acceptors (Lipinski definition) is 3. The molecule has 2 aromatic rings. The number of halogens is 1. The van der Waals surface area contributed by atoms with Crippen LogP contribution in [-0.2, 0) is 20.0 Å². The normalized spacial score (nSPS) is 17.7. The molecule has 0 unspecified atom stereocenters. The molecule has 0 aliphatic carbocycles. The molecule has 2 N–H and O–H groups in total. The average molecular weight is 373 g/mol. The van der Waals surface area contributed by atoms with Crippen molar-refractivity contribution in [3.8, 4) is 0 Å². The van der Waals surface area contributed by atoms with Gasteiger partial charge in [0.25, 0.3) is 0 Å². The van der Waals surface area contributed by atoms with E-state index < -0.39 is 0 Å². The molecule has 1 aromatic carbocycles. The summed E-state index contributed by atoms with van der Waals surface area (Å²) < 4.78 is 15.6. The predicted octanol–water partition coefficient (Wildman–Crippen LogP) is 3.22. The van der Waals surface area contributed by atoms with Crippen molar-refractivity contribution in [2.45, 2.75) is 45.7 Å². The minimum Gasteiger partial charge on any atom is -0.334 e. The molecule has 1 atom stereocenters. The number of benzene rings is 1. The number of anilines is 1. The number of nitrogens with zero attached hydrogens (tertiary/aromatic N) is 3. The molecule has 6 nitrogen and oxygen atoms in total. The second kappa shape index (κ2) is 8.52. The summed E-state index contributed by atoms with van der Waals surface area (Å²) in [5.74, 6) is 0.548. The summed E-state index contributed by atoms with van der Waals surface area (Å²) in [6, 6.07) is 6.69. The molecule has 1 fully saturated rings. The Balaban J connectivity index is 1.57. The van der Waals surface area contributed by atoms with Gasteiger partial charge in [-0.05, 0) is 38.8 Å². The lowest BCUT2D eigenvalue weighted by atomic mass is 10.0. The highest BCUT2D eigenvalue weighted by molar-refractivity contribution is 5.89. The van der Waals surface area contributed by atoms with Crippen LogP contribution in [-0.4, -0.2) is 39.8 Å². The molecule has 3 rings (SSSR count). The Hall–Kier alpha value is -2.41. The van der Waals surface area contributed by atoms with Crippen molar-refractivity contribution >= 4 is 11.8 Å². The molecule has 0 saturated carbocycles. The summed E-state index contributed by atoms with van der Waals surface area (Å²) in [5.41, 5.74) is 2.68. The van der Waals surface area contributed by atoms with E-state index in [0.717, 1.165) is 42.9 Å². The van der Waals surface area contributed by atoms with E-state index in [0.29, 0.717) is 18.7 Å². The van der Waals surface area contributed by atoms with Crippen LogP contribution in [0.25, 0.3) is 0 Å². The molecule has 1 aromatic heterocycles. The fraction of sp³-hybridized carbons (Fsp3) is 0.500. The zero-order valence-electron chi connectivity index (χ0n) is 16.3. The maximum absolute atomic E-state index is 13.9. The van der Waals surface area contributed by atoms with Gasteiger partial charge in [0, 0.05) is 37.3 Å². The monoisotopic (exact) mass is 373 g/mol. The second-order valence-corrected chi connectivity index (χ2v) is 7.16. The number of rotatable bonds is 5. The lowest BCUT2D eigenvalue weighted by Crippen LogP contribution is -2.48. The first kappa shape index (κ1) is 19.4. The summed E-state index contributed by atoms with van der Waals surface area (Å²) in [6.07, 6.45) is 2.73. The maximum Gasteiger partial charge on any atom is 0.320 e. The lowest BCUT2D eigenvalue weighted by molar-refractivity contribution is 0.181. The lowest BCUT2D eigenvalue weighted by Gasteiger charge is -2.33. The minimum absolute atomic E-state index is 0.0460. The second-order valence-electron chi connectivity index (χ2n) is 7.16. The Morgan fingerprint density at radius 1 is 1.37 bits per heavy atom.